The smallest absolute Gasteiger partial charge is 0.410 e. The minimum absolute atomic E-state index is 0.0305. The number of hydrogen-bond donors (Lipinski definition) is 3. The molecule has 4 N–H and O–H groups in total. The summed E-state index contributed by atoms with van der Waals surface area (Å²) in [5.41, 5.74) is 11.8. The highest BCUT2D eigenvalue weighted by Gasteiger charge is 2.49. The van der Waals surface area contributed by atoms with Crippen LogP contribution >= 0.6 is 0 Å². The minimum atomic E-state index is -0.671. The van der Waals surface area contributed by atoms with E-state index in [9.17, 15) is 9.59 Å². The van der Waals surface area contributed by atoms with Crippen molar-refractivity contribution in [2.75, 3.05) is 27.3 Å². The van der Waals surface area contributed by atoms with Crippen LogP contribution < -0.4 is 16.4 Å². The highest BCUT2D eigenvalue weighted by atomic mass is 16.5. The van der Waals surface area contributed by atoms with Gasteiger partial charge in [-0.2, -0.15) is 0 Å². The molecule has 2 aliphatic heterocycles. The molecule has 8 unspecified atom stereocenters. The Labute approximate surface area is 295 Å². The number of piperidine rings is 2. The Bertz CT molecular complexity index is 1610. The second kappa shape index (κ2) is 15.6. The van der Waals surface area contributed by atoms with Crippen molar-refractivity contribution >= 4 is 36.8 Å². The van der Waals surface area contributed by atoms with Crippen LogP contribution in [0.4, 0.5) is 4.79 Å². The fourth-order valence-corrected chi connectivity index (χ4v) is 8.63. The molecular formula is C39H51N7O4. The van der Waals surface area contributed by atoms with E-state index in [2.05, 4.69) is 58.3 Å². The minimum Gasteiger partial charge on any atom is -0.453 e. The summed E-state index contributed by atoms with van der Waals surface area (Å²) in [5.74, 6) is 0.940. The molecule has 2 aliphatic carbocycles. The predicted molar refractivity (Wildman–Crippen MR) is 198 cm³/mol. The fourth-order valence-electron chi connectivity index (χ4n) is 8.63. The van der Waals surface area contributed by atoms with Crippen molar-refractivity contribution in [1.82, 2.24) is 20.4 Å². The third kappa shape index (κ3) is 7.07. The first kappa shape index (κ1) is 35.3. The molecule has 2 aromatic rings. The van der Waals surface area contributed by atoms with Crippen molar-refractivity contribution < 1.29 is 19.1 Å². The fraction of sp³-hybridized carbons (Fsp3) is 0.487. The van der Waals surface area contributed by atoms with Crippen LogP contribution in [0.25, 0.3) is 22.5 Å². The Morgan fingerprint density at radius 1 is 0.820 bits per heavy atom. The van der Waals surface area contributed by atoms with E-state index in [0.717, 1.165) is 72.2 Å². The number of ether oxygens (including phenoxy) is 2. The van der Waals surface area contributed by atoms with Crippen LogP contribution in [0, 0.1) is 11.8 Å². The van der Waals surface area contributed by atoms with Crippen LogP contribution in [0.5, 0.6) is 0 Å². The number of nitrogens with zero attached hydrogens (tertiary/aromatic N) is 4. The number of methoxy groups -OCH3 is 2. The van der Waals surface area contributed by atoms with Gasteiger partial charge in [-0.3, -0.25) is 14.8 Å². The van der Waals surface area contributed by atoms with E-state index in [0.29, 0.717) is 24.9 Å². The van der Waals surface area contributed by atoms with Crippen molar-refractivity contribution in [1.29, 1.82) is 0 Å². The zero-order valence-corrected chi connectivity index (χ0v) is 29.5. The molecule has 0 spiro atoms. The number of benzene rings is 2. The van der Waals surface area contributed by atoms with Gasteiger partial charge in [0.15, 0.2) is 0 Å². The van der Waals surface area contributed by atoms with Gasteiger partial charge >= 0.3 is 6.09 Å². The van der Waals surface area contributed by atoms with E-state index in [4.69, 9.17) is 15.2 Å². The predicted octanol–water partition coefficient (Wildman–Crippen LogP) is 4.89. The summed E-state index contributed by atoms with van der Waals surface area (Å²) in [6.45, 7) is 10.7. The Morgan fingerprint density at radius 3 is 1.72 bits per heavy atom. The quantitative estimate of drug-likeness (QED) is 0.242. The summed E-state index contributed by atoms with van der Waals surface area (Å²) in [6.07, 6.45) is 9.64. The molecule has 4 fully saturated rings. The largest absolute Gasteiger partial charge is 0.453 e. The summed E-state index contributed by atoms with van der Waals surface area (Å²) in [5, 5.41) is 6.83. The van der Waals surface area contributed by atoms with E-state index in [-0.39, 0.29) is 42.3 Å². The van der Waals surface area contributed by atoms with Gasteiger partial charge in [0.25, 0.3) is 0 Å². The summed E-state index contributed by atoms with van der Waals surface area (Å²) in [4.78, 5) is 38.2. The highest BCUT2D eigenvalue weighted by molar-refractivity contribution is 5.83. The van der Waals surface area contributed by atoms with Crippen LogP contribution in [-0.2, 0) is 14.3 Å². The van der Waals surface area contributed by atoms with E-state index >= 15 is 0 Å². The lowest BCUT2D eigenvalue weighted by Crippen LogP contribution is -2.57. The lowest BCUT2D eigenvalue weighted by Gasteiger charge is -2.37. The maximum absolute atomic E-state index is 13.3. The number of hydrogen-bond acceptors (Lipinski definition) is 9. The number of carbonyl (C=O) groups is 2. The van der Waals surface area contributed by atoms with Gasteiger partial charge in [-0.15, -0.1) is 0 Å². The zero-order chi connectivity index (χ0) is 35.4. The molecule has 4 aliphatic rings. The first-order valence-corrected chi connectivity index (χ1v) is 17.8. The summed E-state index contributed by atoms with van der Waals surface area (Å²) < 4.78 is 10.4. The maximum atomic E-state index is 13.3. The number of amides is 2. The third-order valence-electron chi connectivity index (χ3n) is 11.5. The Hall–Kier alpha value is -4.48. The summed E-state index contributed by atoms with van der Waals surface area (Å²) in [6, 6.07) is 16.5. The Morgan fingerprint density at radius 2 is 1.28 bits per heavy atom. The van der Waals surface area contributed by atoms with Crippen molar-refractivity contribution in [3.05, 3.63) is 72.1 Å². The molecule has 8 atom stereocenters. The normalized spacial score (nSPS) is 26.9. The SMILES string of the molecule is C=N/C(=C\NCC1C2CCC(C2)N1C(=O)OC)c1ccc(-c2ccc(/C(=C/NCC3C4CCC(C4)N3C(=O)C(N)C(C)OC)N=C)cc2)cc1. The van der Waals surface area contributed by atoms with Crippen LogP contribution in [0.1, 0.15) is 56.6 Å². The number of carbonyl (C=O) groups excluding carboxylic acids is 2. The maximum Gasteiger partial charge on any atom is 0.410 e. The number of rotatable bonds is 14. The second-order valence-corrected chi connectivity index (χ2v) is 14.0. The van der Waals surface area contributed by atoms with Crippen LogP contribution in [-0.4, -0.2) is 98.9 Å². The van der Waals surface area contributed by atoms with Gasteiger partial charge < -0.3 is 35.6 Å². The van der Waals surface area contributed by atoms with Crippen LogP contribution in [0.15, 0.2) is 70.9 Å². The van der Waals surface area contributed by atoms with Gasteiger partial charge in [0.1, 0.15) is 6.04 Å². The summed E-state index contributed by atoms with van der Waals surface area (Å²) in [7, 11) is 3.03. The Balaban J connectivity index is 1.05. The van der Waals surface area contributed by atoms with Gasteiger partial charge in [-0.25, -0.2) is 4.79 Å². The summed E-state index contributed by atoms with van der Waals surface area (Å²) >= 11 is 0. The average Bonchev–Trinajstić information content (AvgIpc) is 3.97. The van der Waals surface area contributed by atoms with Crippen molar-refractivity contribution in [2.45, 2.75) is 81.8 Å². The molecule has 0 aromatic heterocycles. The molecule has 4 bridgehead atoms. The number of nitrogens with two attached hydrogens (primary N) is 1. The molecule has 11 nitrogen and oxygen atoms in total. The molecule has 2 amide bonds. The van der Waals surface area contributed by atoms with Gasteiger partial charge in [0.2, 0.25) is 5.91 Å². The number of nitrogens with one attached hydrogen (secondary N) is 2. The topological polar surface area (TPSA) is 134 Å². The van der Waals surface area contributed by atoms with Crippen LogP contribution in [0.2, 0.25) is 0 Å². The first-order valence-electron chi connectivity index (χ1n) is 17.8. The van der Waals surface area contributed by atoms with Crippen molar-refractivity contribution in [3.63, 3.8) is 0 Å². The monoisotopic (exact) mass is 681 g/mol. The van der Waals surface area contributed by atoms with E-state index in [1.807, 2.05) is 53.4 Å². The van der Waals surface area contributed by atoms with Crippen molar-refractivity contribution in [3.8, 4) is 11.1 Å². The molecule has 50 heavy (non-hydrogen) atoms. The first-order chi connectivity index (χ1) is 24.3. The van der Waals surface area contributed by atoms with Gasteiger partial charge in [-0.1, -0.05) is 48.5 Å². The van der Waals surface area contributed by atoms with E-state index < -0.39 is 6.04 Å². The molecule has 2 aromatic carbocycles. The molecule has 2 saturated heterocycles. The number of fused-ring (bicyclic) bond motifs is 4. The zero-order valence-electron chi connectivity index (χ0n) is 29.5. The molecule has 11 heteroatoms. The molecule has 0 radical (unpaired) electrons. The molecule has 2 heterocycles. The molecule has 6 rings (SSSR count). The van der Waals surface area contributed by atoms with Crippen molar-refractivity contribution in [2.24, 2.45) is 27.6 Å². The molecule has 266 valence electrons. The van der Waals surface area contributed by atoms with Crippen LogP contribution in [0.3, 0.4) is 0 Å². The van der Waals surface area contributed by atoms with Gasteiger partial charge in [0.05, 0.1) is 36.7 Å². The standard InChI is InChI=1S/C39H51N7O4/c1-24(49-4)37(40)38(47)45-31-16-14-29(18-31)35(45)22-43-20-33(41-2)27-10-6-25(7-11-27)26-8-12-28(13-9-26)34(42-3)21-44-23-36-30-15-17-32(19-30)46(36)39(48)50-5/h6-13,20-21,24,29-32,35-37,43-44H,2-3,14-19,22-23,40H2,1,4-5H3/b33-20-,34-21-. The number of aliphatic imine (C=N–C) groups is 2. The van der Waals surface area contributed by atoms with Gasteiger partial charge in [-0.05, 0) is 81.8 Å². The van der Waals surface area contributed by atoms with E-state index in [1.54, 1.807) is 7.11 Å². The lowest BCUT2D eigenvalue weighted by molar-refractivity contribution is -0.139. The lowest BCUT2D eigenvalue weighted by atomic mass is 9.97. The Kier molecular flexibility index (Phi) is 11.0. The van der Waals surface area contributed by atoms with Gasteiger partial charge in [0, 0.05) is 55.8 Å². The molecule has 2 saturated carbocycles. The highest BCUT2D eigenvalue weighted by Crippen LogP contribution is 2.43. The third-order valence-corrected chi connectivity index (χ3v) is 11.5. The average molecular weight is 682 g/mol. The van der Waals surface area contributed by atoms with E-state index in [1.165, 1.54) is 7.11 Å². The molecular weight excluding hydrogens is 630 g/mol. The number of likely N-dealkylation sites (tertiary alicyclic amines) is 2. The second-order valence-electron chi connectivity index (χ2n) is 14.0.